The Hall–Kier alpha value is -1.06. The molecule has 2 aliphatic rings. The number of hydrogen-bond donors (Lipinski definition) is 1. The third-order valence-corrected chi connectivity index (χ3v) is 5.05. The van der Waals surface area contributed by atoms with Crippen LogP contribution in [0.25, 0.3) is 0 Å². The molecule has 0 aromatic rings. The van der Waals surface area contributed by atoms with Crippen LogP contribution in [-0.4, -0.2) is 34.8 Å². The molecule has 2 atom stereocenters. The van der Waals surface area contributed by atoms with Crippen molar-refractivity contribution < 1.29 is 9.59 Å². The van der Waals surface area contributed by atoms with Crippen molar-refractivity contribution in [1.29, 1.82) is 0 Å². The van der Waals surface area contributed by atoms with Crippen molar-refractivity contribution in [2.24, 2.45) is 5.92 Å². The third kappa shape index (κ3) is 3.41. The van der Waals surface area contributed by atoms with E-state index in [1.165, 1.54) is 19.3 Å². The highest BCUT2D eigenvalue weighted by Gasteiger charge is 2.54. The van der Waals surface area contributed by atoms with Gasteiger partial charge in [0.15, 0.2) is 0 Å². The van der Waals surface area contributed by atoms with Gasteiger partial charge in [-0.1, -0.05) is 39.5 Å². The molecule has 0 bridgehead atoms. The van der Waals surface area contributed by atoms with Crippen molar-refractivity contribution in [1.82, 2.24) is 10.2 Å². The van der Waals surface area contributed by atoms with Crippen LogP contribution in [0.1, 0.15) is 72.1 Å². The lowest BCUT2D eigenvalue weighted by molar-refractivity contribution is -0.155. The molecule has 1 heterocycles. The average Bonchev–Trinajstić information content (AvgIpc) is 3.28. The van der Waals surface area contributed by atoms with Gasteiger partial charge in [-0.2, -0.15) is 0 Å². The summed E-state index contributed by atoms with van der Waals surface area (Å²) in [5, 5.41) is 3.02. The fourth-order valence-electron chi connectivity index (χ4n) is 3.46. The van der Waals surface area contributed by atoms with Crippen LogP contribution >= 0.6 is 0 Å². The van der Waals surface area contributed by atoms with Crippen molar-refractivity contribution in [2.45, 2.75) is 83.7 Å². The number of rotatable bonds is 8. The summed E-state index contributed by atoms with van der Waals surface area (Å²) in [6, 6.07) is -0.268. The molecule has 2 amide bonds. The van der Waals surface area contributed by atoms with Crippen molar-refractivity contribution in [3.63, 3.8) is 0 Å². The lowest BCUT2D eigenvalue weighted by Crippen LogP contribution is -2.70. The second-order valence-corrected chi connectivity index (χ2v) is 6.80. The minimum Gasteiger partial charge on any atom is -0.340 e. The molecule has 2 rings (SSSR count). The predicted octanol–water partition coefficient (Wildman–Crippen LogP) is 2.86. The molecule has 2 unspecified atom stereocenters. The zero-order valence-electron chi connectivity index (χ0n) is 13.8. The summed E-state index contributed by atoms with van der Waals surface area (Å²) < 4.78 is 0. The molecule has 0 radical (unpaired) electrons. The monoisotopic (exact) mass is 294 g/mol. The largest absolute Gasteiger partial charge is 0.340 e. The van der Waals surface area contributed by atoms with E-state index in [2.05, 4.69) is 12.2 Å². The van der Waals surface area contributed by atoms with Crippen LogP contribution in [0.5, 0.6) is 0 Å². The van der Waals surface area contributed by atoms with Crippen LogP contribution in [0.3, 0.4) is 0 Å². The van der Waals surface area contributed by atoms with E-state index >= 15 is 0 Å². The lowest BCUT2D eigenvalue weighted by atomic mass is 9.88. The SMILES string of the molecule is CCCCCCCN1C(=O)C(C)(C2CC2)NC(=O)C1CC. The molecule has 1 aliphatic carbocycles. The van der Waals surface area contributed by atoms with Gasteiger partial charge in [0, 0.05) is 6.54 Å². The van der Waals surface area contributed by atoms with Crippen LogP contribution in [0.2, 0.25) is 0 Å². The van der Waals surface area contributed by atoms with E-state index in [-0.39, 0.29) is 17.9 Å². The van der Waals surface area contributed by atoms with Gasteiger partial charge in [-0.25, -0.2) is 0 Å². The summed E-state index contributed by atoms with van der Waals surface area (Å²) in [6.45, 7) is 6.84. The zero-order chi connectivity index (χ0) is 15.5. The molecule has 0 aromatic carbocycles. The van der Waals surface area contributed by atoms with E-state index in [1.54, 1.807) is 0 Å². The summed E-state index contributed by atoms with van der Waals surface area (Å²) in [7, 11) is 0. The standard InChI is InChI=1S/C17H30N2O2/c1-4-6-7-8-9-12-19-14(5-2)15(20)18-17(3,16(19)21)13-10-11-13/h13-14H,4-12H2,1-3H3,(H,18,20). The van der Waals surface area contributed by atoms with Gasteiger partial charge in [-0.3, -0.25) is 9.59 Å². The van der Waals surface area contributed by atoms with Crippen LogP contribution in [-0.2, 0) is 9.59 Å². The van der Waals surface area contributed by atoms with Crippen LogP contribution in [0, 0.1) is 5.92 Å². The molecular weight excluding hydrogens is 264 g/mol. The molecule has 4 heteroatoms. The maximum Gasteiger partial charge on any atom is 0.249 e. The first-order valence-corrected chi connectivity index (χ1v) is 8.67. The molecule has 1 saturated heterocycles. The normalized spacial score (nSPS) is 29.7. The fourth-order valence-corrected chi connectivity index (χ4v) is 3.46. The highest BCUT2D eigenvalue weighted by molar-refractivity contribution is 6.00. The van der Waals surface area contributed by atoms with E-state index < -0.39 is 5.54 Å². The fraction of sp³-hybridized carbons (Fsp3) is 0.882. The number of hydrogen-bond acceptors (Lipinski definition) is 2. The summed E-state index contributed by atoms with van der Waals surface area (Å²) in [5.74, 6) is 0.529. The Morgan fingerprint density at radius 1 is 1.14 bits per heavy atom. The number of piperazine rings is 1. The molecule has 0 aromatic heterocycles. The minimum atomic E-state index is -0.647. The number of unbranched alkanes of at least 4 members (excludes halogenated alkanes) is 4. The van der Waals surface area contributed by atoms with Gasteiger partial charge in [0.05, 0.1) is 0 Å². The Labute approximate surface area is 128 Å². The highest BCUT2D eigenvalue weighted by atomic mass is 16.2. The summed E-state index contributed by atoms with van der Waals surface area (Å²) in [5.41, 5.74) is -0.647. The Kier molecular flexibility index (Phi) is 5.28. The van der Waals surface area contributed by atoms with E-state index in [9.17, 15) is 9.59 Å². The highest BCUT2D eigenvalue weighted by Crippen LogP contribution is 2.42. The molecule has 1 saturated carbocycles. The van der Waals surface area contributed by atoms with Crippen molar-refractivity contribution >= 4 is 11.8 Å². The van der Waals surface area contributed by atoms with E-state index in [0.29, 0.717) is 12.3 Å². The lowest BCUT2D eigenvalue weighted by Gasteiger charge is -2.44. The molecule has 21 heavy (non-hydrogen) atoms. The predicted molar refractivity (Wildman–Crippen MR) is 83.8 cm³/mol. The van der Waals surface area contributed by atoms with Gasteiger partial charge in [-0.15, -0.1) is 0 Å². The van der Waals surface area contributed by atoms with E-state index in [1.807, 2.05) is 18.7 Å². The van der Waals surface area contributed by atoms with Crippen molar-refractivity contribution in [3.05, 3.63) is 0 Å². The van der Waals surface area contributed by atoms with Crippen LogP contribution in [0.15, 0.2) is 0 Å². The number of amides is 2. The molecule has 120 valence electrons. The molecule has 2 fully saturated rings. The van der Waals surface area contributed by atoms with E-state index in [4.69, 9.17) is 0 Å². The molecule has 1 aliphatic heterocycles. The van der Waals surface area contributed by atoms with Gasteiger partial charge in [0.2, 0.25) is 11.8 Å². The molecule has 1 N–H and O–H groups in total. The van der Waals surface area contributed by atoms with Crippen LogP contribution in [0.4, 0.5) is 0 Å². The Bertz CT molecular complexity index is 392. The first-order valence-electron chi connectivity index (χ1n) is 8.67. The molecule has 4 nitrogen and oxygen atoms in total. The Morgan fingerprint density at radius 3 is 2.38 bits per heavy atom. The average molecular weight is 294 g/mol. The van der Waals surface area contributed by atoms with Gasteiger partial charge in [-0.05, 0) is 38.5 Å². The van der Waals surface area contributed by atoms with Crippen molar-refractivity contribution in [2.75, 3.05) is 6.54 Å². The number of nitrogens with zero attached hydrogens (tertiary/aromatic N) is 1. The first kappa shape index (κ1) is 16.3. The zero-order valence-corrected chi connectivity index (χ0v) is 13.8. The van der Waals surface area contributed by atoms with E-state index in [0.717, 1.165) is 32.2 Å². The third-order valence-electron chi connectivity index (χ3n) is 5.05. The Morgan fingerprint density at radius 2 is 1.81 bits per heavy atom. The van der Waals surface area contributed by atoms with Gasteiger partial charge in [0.25, 0.3) is 0 Å². The second-order valence-electron chi connectivity index (χ2n) is 6.80. The minimum absolute atomic E-state index is 0.0417. The van der Waals surface area contributed by atoms with Crippen LogP contribution < -0.4 is 5.32 Å². The maximum atomic E-state index is 12.9. The van der Waals surface area contributed by atoms with Gasteiger partial charge < -0.3 is 10.2 Å². The Balaban J connectivity index is 1.99. The van der Waals surface area contributed by atoms with Gasteiger partial charge in [0.1, 0.15) is 11.6 Å². The first-order chi connectivity index (χ1) is 10.0. The number of nitrogens with one attached hydrogen (secondary N) is 1. The summed E-state index contributed by atoms with van der Waals surface area (Å²) in [4.78, 5) is 27.1. The maximum absolute atomic E-state index is 12.9. The number of carbonyl (C=O) groups is 2. The van der Waals surface area contributed by atoms with Crippen molar-refractivity contribution in [3.8, 4) is 0 Å². The second kappa shape index (κ2) is 6.80. The number of carbonyl (C=O) groups excluding carboxylic acids is 2. The summed E-state index contributed by atoms with van der Waals surface area (Å²) in [6.07, 6.45) is 8.68. The molecular formula is C17H30N2O2. The van der Waals surface area contributed by atoms with Gasteiger partial charge >= 0.3 is 0 Å². The topological polar surface area (TPSA) is 49.4 Å². The quantitative estimate of drug-likeness (QED) is 0.700. The summed E-state index contributed by atoms with van der Waals surface area (Å²) >= 11 is 0. The smallest absolute Gasteiger partial charge is 0.249 e. The molecule has 0 spiro atoms.